The normalized spacial score (nSPS) is 12.5. The summed E-state index contributed by atoms with van der Waals surface area (Å²) < 4.78 is 12.6. The van der Waals surface area contributed by atoms with E-state index in [4.69, 9.17) is 11.6 Å². The predicted molar refractivity (Wildman–Crippen MR) is 50.5 cm³/mol. The summed E-state index contributed by atoms with van der Waals surface area (Å²) >= 11 is 5.80. The Labute approximate surface area is 81.5 Å². The van der Waals surface area contributed by atoms with Crippen LogP contribution in [0.3, 0.4) is 0 Å². The topological polar surface area (TPSA) is 17.1 Å². The summed E-state index contributed by atoms with van der Waals surface area (Å²) in [4.78, 5) is 10.2. The van der Waals surface area contributed by atoms with E-state index in [1.165, 1.54) is 12.1 Å². The zero-order valence-corrected chi connectivity index (χ0v) is 8.01. The maximum Gasteiger partial charge on any atom is 0.124 e. The number of carbonyl (C=O) groups excluding carboxylic acids is 1. The SMILES string of the molecule is CC(CC=O)c1ccc(F)cc1Cl. The Bertz CT molecular complexity index is 312. The summed E-state index contributed by atoms with van der Waals surface area (Å²) in [5.41, 5.74) is 0.815. The van der Waals surface area contributed by atoms with E-state index < -0.39 is 0 Å². The molecule has 0 heterocycles. The van der Waals surface area contributed by atoms with Gasteiger partial charge in [0.05, 0.1) is 0 Å². The van der Waals surface area contributed by atoms with E-state index in [1.807, 2.05) is 6.92 Å². The Hall–Kier alpha value is -0.890. The molecule has 0 aromatic heterocycles. The molecule has 1 aromatic carbocycles. The van der Waals surface area contributed by atoms with Crippen LogP contribution >= 0.6 is 11.6 Å². The Morgan fingerprint density at radius 1 is 1.62 bits per heavy atom. The fraction of sp³-hybridized carbons (Fsp3) is 0.300. The van der Waals surface area contributed by atoms with Gasteiger partial charge in [-0.3, -0.25) is 0 Å². The highest BCUT2D eigenvalue weighted by Gasteiger charge is 2.09. The minimum atomic E-state index is -0.355. The average molecular weight is 201 g/mol. The van der Waals surface area contributed by atoms with Crippen LogP contribution in [-0.2, 0) is 4.79 Å². The van der Waals surface area contributed by atoms with E-state index in [2.05, 4.69) is 0 Å². The predicted octanol–water partition coefficient (Wildman–Crippen LogP) is 3.17. The average Bonchev–Trinajstić information content (AvgIpc) is 2.04. The quantitative estimate of drug-likeness (QED) is 0.685. The third-order valence-corrected chi connectivity index (χ3v) is 2.27. The summed E-state index contributed by atoms with van der Waals surface area (Å²) in [7, 11) is 0. The first-order valence-electron chi connectivity index (χ1n) is 4.03. The lowest BCUT2D eigenvalue weighted by molar-refractivity contribution is -0.108. The highest BCUT2D eigenvalue weighted by Crippen LogP contribution is 2.26. The molecule has 0 fully saturated rings. The molecule has 13 heavy (non-hydrogen) atoms. The van der Waals surface area contributed by atoms with Gasteiger partial charge in [-0.1, -0.05) is 24.6 Å². The van der Waals surface area contributed by atoms with Crippen LogP contribution in [0, 0.1) is 5.82 Å². The molecule has 0 spiro atoms. The largest absolute Gasteiger partial charge is 0.303 e. The molecule has 1 nitrogen and oxygen atoms in total. The molecule has 1 rings (SSSR count). The van der Waals surface area contributed by atoms with Gasteiger partial charge in [0.2, 0.25) is 0 Å². The van der Waals surface area contributed by atoms with Crippen molar-refractivity contribution in [1.82, 2.24) is 0 Å². The van der Waals surface area contributed by atoms with Crippen molar-refractivity contribution in [1.29, 1.82) is 0 Å². The van der Waals surface area contributed by atoms with Gasteiger partial charge in [-0.15, -0.1) is 0 Å². The van der Waals surface area contributed by atoms with Gasteiger partial charge in [0.25, 0.3) is 0 Å². The second-order valence-corrected chi connectivity index (χ2v) is 3.38. The summed E-state index contributed by atoms with van der Waals surface area (Å²) in [6, 6.07) is 4.23. The Kier molecular flexibility index (Phi) is 3.43. The first-order chi connectivity index (χ1) is 6.15. The number of carbonyl (C=O) groups is 1. The van der Waals surface area contributed by atoms with E-state index >= 15 is 0 Å². The molecule has 0 amide bonds. The first-order valence-corrected chi connectivity index (χ1v) is 4.41. The van der Waals surface area contributed by atoms with Gasteiger partial charge < -0.3 is 4.79 Å². The molecule has 0 N–H and O–H groups in total. The van der Waals surface area contributed by atoms with Crippen molar-refractivity contribution in [3.8, 4) is 0 Å². The van der Waals surface area contributed by atoms with E-state index in [9.17, 15) is 9.18 Å². The number of aldehydes is 1. The van der Waals surface area contributed by atoms with Gasteiger partial charge in [0.15, 0.2) is 0 Å². The minimum Gasteiger partial charge on any atom is -0.303 e. The molecule has 3 heteroatoms. The summed E-state index contributed by atoms with van der Waals surface area (Å²) in [5.74, 6) is -0.308. The van der Waals surface area contributed by atoms with Crippen molar-refractivity contribution in [3.05, 3.63) is 34.6 Å². The lowest BCUT2D eigenvalue weighted by Crippen LogP contribution is -1.95. The highest BCUT2D eigenvalue weighted by molar-refractivity contribution is 6.31. The second kappa shape index (κ2) is 4.38. The fourth-order valence-corrected chi connectivity index (χ4v) is 1.53. The van der Waals surface area contributed by atoms with Crippen LogP contribution < -0.4 is 0 Å². The third kappa shape index (κ3) is 2.52. The van der Waals surface area contributed by atoms with Crippen molar-refractivity contribution in [3.63, 3.8) is 0 Å². The lowest BCUT2D eigenvalue weighted by atomic mass is 9.98. The maximum absolute atomic E-state index is 12.6. The van der Waals surface area contributed by atoms with Crippen LogP contribution in [0.2, 0.25) is 5.02 Å². The summed E-state index contributed by atoms with van der Waals surface area (Å²) in [5, 5.41) is 0.384. The van der Waals surface area contributed by atoms with Crippen LogP contribution in [0.1, 0.15) is 24.8 Å². The molecular weight excluding hydrogens is 191 g/mol. The van der Waals surface area contributed by atoms with E-state index in [-0.39, 0.29) is 11.7 Å². The molecule has 0 radical (unpaired) electrons. The molecule has 70 valence electrons. The van der Waals surface area contributed by atoms with Crippen LogP contribution in [0.5, 0.6) is 0 Å². The van der Waals surface area contributed by atoms with Crippen molar-refractivity contribution in [2.75, 3.05) is 0 Å². The van der Waals surface area contributed by atoms with Gasteiger partial charge in [-0.05, 0) is 23.6 Å². The zero-order chi connectivity index (χ0) is 9.84. The van der Waals surface area contributed by atoms with Gasteiger partial charge in [0, 0.05) is 11.4 Å². The minimum absolute atomic E-state index is 0.0469. The number of benzene rings is 1. The second-order valence-electron chi connectivity index (χ2n) is 2.97. The van der Waals surface area contributed by atoms with E-state index in [0.29, 0.717) is 11.4 Å². The third-order valence-electron chi connectivity index (χ3n) is 1.94. The van der Waals surface area contributed by atoms with Crippen LogP contribution in [0.25, 0.3) is 0 Å². The lowest BCUT2D eigenvalue weighted by Gasteiger charge is -2.09. The number of hydrogen-bond acceptors (Lipinski definition) is 1. The monoisotopic (exact) mass is 200 g/mol. The zero-order valence-electron chi connectivity index (χ0n) is 7.26. The van der Waals surface area contributed by atoms with Crippen molar-refractivity contribution < 1.29 is 9.18 Å². The maximum atomic E-state index is 12.6. The van der Waals surface area contributed by atoms with Crippen molar-refractivity contribution in [2.45, 2.75) is 19.3 Å². The highest BCUT2D eigenvalue weighted by atomic mass is 35.5. The molecule has 0 aliphatic heterocycles. The van der Waals surface area contributed by atoms with Crippen LogP contribution in [-0.4, -0.2) is 6.29 Å². The molecular formula is C10H10ClFO. The van der Waals surface area contributed by atoms with Gasteiger partial charge in [-0.2, -0.15) is 0 Å². The number of halogens is 2. The molecule has 0 aliphatic rings. The number of rotatable bonds is 3. The van der Waals surface area contributed by atoms with Crippen LogP contribution in [0.15, 0.2) is 18.2 Å². The van der Waals surface area contributed by atoms with Gasteiger partial charge >= 0.3 is 0 Å². The molecule has 1 atom stereocenters. The molecule has 0 bridgehead atoms. The number of hydrogen-bond donors (Lipinski definition) is 0. The van der Waals surface area contributed by atoms with E-state index in [1.54, 1.807) is 6.07 Å². The molecule has 1 aromatic rings. The van der Waals surface area contributed by atoms with E-state index in [0.717, 1.165) is 11.8 Å². The summed E-state index contributed by atoms with van der Waals surface area (Å²) in [6.45, 7) is 1.88. The summed E-state index contributed by atoms with van der Waals surface area (Å²) in [6.07, 6.45) is 1.25. The Morgan fingerprint density at radius 2 is 2.31 bits per heavy atom. The Morgan fingerprint density at radius 3 is 2.85 bits per heavy atom. The smallest absolute Gasteiger partial charge is 0.124 e. The molecule has 0 saturated carbocycles. The molecule has 0 aliphatic carbocycles. The van der Waals surface area contributed by atoms with Gasteiger partial charge in [-0.25, -0.2) is 4.39 Å². The van der Waals surface area contributed by atoms with Crippen molar-refractivity contribution >= 4 is 17.9 Å². The van der Waals surface area contributed by atoms with Gasteiger partial charge in [0.1, 0.15) is 12.1 Å². The molecule has 0 saturated heterocycles. The van der Waals surface area contributed by atoms with Crippen LogP contribution in [0.4, 0.5) is 4.39 Å². The first kappa shape index (κ1) is 10.2. The standard InChI is InChI=1S/C10H10ClFO/c1-7(4-5-13)9-3-2-8(12)6-10(9)11/h2-3,5-7H,4H2,1H3. The fourth-order valence-electron chi connectivity index (χ4n) is 1.17. The molecule has 1 unspecified atom stereocenters. The van der Waals surface area contributed by atoms with Crippen molar-refractivity contribution in [2.24, 2.45) is 0 Å². The Balaban J connectivity index is 2.94.